The summed E-state index contributed by atoms with van der Waals surface area (Å²) < 4.78 is 47.7. The summed E-state index contributed by atoms with van der Waals surface area (Å²) in [5, 5.41) is 0. The summed E-state index contributed by atoms with van der Waals surface area (Å²) in [7, 11) is 0. The second kappa shape index (κ2) is 4.79. The van der Waals surface area contributed by atoms with Gasteiger partial charge >= 0.3 is 6.18 Å². The fourth-order valence-corrected chi connectivity index (χ4v) is 2.01. The minimum Gasteiger partial charge on any atom is -0.490 e. The topological polar surface area (TPSA) is 35.5 Å². The molecule has 0 fully saturated rings. The average molecular weight is 325 g/mol. The van der Waals surface area contributed by atoms with Gasteiger partial charge in [-0.15, -0.1) is 0 Å². The normalized spacial score (nSPS) is 15.1. The van der Waals surface area contributed by atoms with Crippen LogP contribution >= 0.6 is 15.9 Å². The maximum Gasteiger partial charge on any atom is 0.454 e. The zero-order valence-corrected chi connectivity index (χ0v) is 10.6. The molecule has 1 aliphatic heterocycles. The number of carbonyl (C=O) groups is 1. The highest BCUT2D eigenvalue weighted by Gasteiger charge is 2.40. The fourth-order valence-electron chi connectivity index (χ4n) is 1.51. The van der Waals surface area contributed by atoms with E-state index in [1.54, 1.807) is 0 Å². The van der Waals surface area contributed by atoms with Gasteiger partial charge in [0.15, 0.2) is 11.5 Å². The van der Waals surface area contributed by atoms with Crippen molar-refractivity contribution in [2.24, 2.45) is 0 Å². The molecule has 98 valence electrons. The number of hydrogen-bond donors (Lipinski definition) is 0. The Morgan fingerprint density at radius 3 is 2.28 bits per heavy atom. The SMILES string of the molecule is O=C(c1cc2c(cc1Br)OCCCO2)C(F)(F)F. The molecule has 18 heavy (non-hydrogen) atoms. The van der Waals surface area contributed by atoms with Crippen LogP contribution in [0.25, 0.3) is 0 Å². The average Bonchev–Trinajstić information content (AvgIpc) is 2.50. The highest BCUT2D eigenvalue weighted by molar-refractivity contribution is 9.10. The minimum atomic E-state index is -4.91. The van der Waals surface area contributed by atoms with Gasteiger partial charge in [-0.2, -0.15) is 13.2 Å². The zero-order chi connectivity index (χ0) is 13.3. The Morgan fingerprint density at radius 2 is 1.72 bits per heavy atom. The van der Waals surface area contributed by atoms with Crippen LogP contribution in [-0.4, -0.2) is 25.2 Å². The van der Waals surface area contributed by atoms with Crippen molar-refractivity contribution in [2.45, 2.75) is 12.6 Å². The van der Waals surface area contributed by atoms with Crippen LogP contribution in [0, 0.1) is 0 Å². The van der Waals surface area contributed by atoms with Gasteiger partial charge < -0.3 is 9.47 Å². The van der Waals surface area contributed by atoms with Gasteiger partial charge in [0.2, 0.25) is 0 Å². The van der Waals surface area contributed by atoms with Gasteiger partial charge in [-0.25, -0.2) is 0 Å². The molecule has 1 aromatic rings. The Bertz CT molecular complexity index is 485. The number of Topliss-reactive ketones (excluding diaryl/α,β-unsaturated/α-hetero) is 1. The predicted molar refractivity (Wildman–Crippen MR) is 60.1 cm³/mol. The van der Waals surface area contributed by atoms with E-state index in [1.165, 1.54) is 6.07 Å². The molecule has 1 heterocycles. The first-order valence-corrected chi connectivity index (χ1v) is 5.89. The summed E-state index contributed by atoms with van der Waals surface area (Å²) in [4.78, 5) is 11.2. The van der Waals surface area contributed by atoms with Gasteiger partial charge in [0, 0.05) is 16.5 Å². The van der Waals surface area contributed by atoms with E-state index in [2.05, 4.69) is 15.9 Å². The van der Waals surface area contributed by atoms with Crippen molar-refractivity contribution in [1.82, 2.24) is 0 Å². The monoisotopic (exact) mass is 324 g/mol. The summed E-state index contributed by atoms with van der Waals surface area (Å²) in [5.41, 5.74) is -0.480. The first-order chi connectivity index (χ1) is 8.39. The van der Waals surface area contributed by atoms with E-state index >= 15 is 0 Å². The lowest BCUT2D eigenvalue weighted by molar-refractivity contribution is -0.0885. The lowest BCUT2D eigenvalue weighted by Gasteiger charge is -2.12. The largest absolute Gasteiger partial charge is 0.490 e. The first kappa shape index (κ1) is 13.2. The summed E-state index contributed by atoms with van der Waals surface area (Å²) in [6.45, 7) is 0.764. The molecule has 0 atom stereocenters. The Balaban J connectivity index is 2.44. The minimum absolute atomic E-state index is 0.0362. The van der Waals surface area contributed by atoms with E-state index < -0.39 is 17.5 Å². The second-order valence-electron chi connectivity index (χ2n) is 3.66. The number of alkyl halides is 3. The van der Waals surface area contributed by atoms with E-state index in [0.29, 0.717) is 25.4 Å². The van der Waals surface area contributed by atoms with Crippen molar-refractivity contribution >= 4 is 21.7 Å². The van der Waals surface area contributed by atoms with Crippen LogP contribution in [0.2, 0.25) is 0 Å². The number of fused-ring (bicyclic) bond motifs is 1. The first-order valence-electron chi connectivity index (χ1n) is 5.10. The van der Waals surface area contributed by atoms with Crippen LogP contribution in [-0.2, 0) is 0 Å². The molecule has 0 aliphatic carbocycles. The summed E-state index contributed by atoms with van der Waals surface area (Å²) in [6.07, 6.45) is -4.28. The molecule has 0 saturated heterocycles. The van der Waals surface area contributed by atoms with Crippen LogP contribution in [0.5, 0.6) is 11.5 Å². The Hall–Kier alpha value is -1.24. The molecule has 0 unspecified atom stereocenters. The molecule has 0 N–H and O–H groups in total. The summed E-state index contributed by atoms with van der Waals surface area (Å²) >= 11 is 2.94. The molecule has 0 amide bonds. The van der Waals surface area contributed by atoms with Crippen LogP contribution in [0.15, 0.2) is 16.6 Å². The molecular weight excluding hydrogens is 317 g/mol. The molecule has 0 saturated carbocycles. The highest BCUT2D eigenvalue weighted by atomic mass is 79.9. The third-order valence-electron chi connectivity index (χ3n) is 2.34. The van der Waals surface area contributed by atoms with Gasteiger partial charge in [-0.1, -0.05) is 0 Å². The molecule has 1 aliphatic rings. The lowest BCUT2D eigenvalue weighted by atomic mass is 10.1. The quantitative estimate of drug-likeness (QED) is 0.743. The van der Waals surface area contributed by atoms with Crippen LogP contribution in [0.3, 0.4) is 0 Å². The number of ether oxygens (including phenoxy) is 2. The number of carbonyl (C=O) groups excluding carboxylic acids is 1. The number of ketones is 1. The number of halogens is 4. The second-order valence-corrected chi connectivity index (χ2v) is 4.51. The van der Waals surface area contributed by atoms with Gasteiger partial charge in [0.05, 0.1) is 13.2 Å². The molecule has 0 aromatic heterocycles. The van der Waals surface area contributed by atoms with Gasteiger partial charge in [-0.05, 0) is 28.1 Å². The van der Waals surface area contributed by atoms with E-state index in [-0.39, 0.29) is 10.2 Å². The molecule has 7 heteroatoms. The Morgan fingerprint density at radius 1 is 1.17 bits per heavy atom. The molecule has 2 rings (SSSR count). The Kier molecular flexibility index (Phi) is 3.52. The van der Waals surface area contributed by atoms with Crippen LogP contribution in [0.1, 0.15) is 16.8 Å². The highest BCUT2D eigenvalue weighted by Crippen LogP contribution is 2.37. The van der Waals surface area contributed by atoms with E-state index in [4.69, 9.17) is 9.47 Å². The Labute approximate surface area is 109 Å². The van der Waals surface area contributed by atoms with E-state index in [0.717, 1.165) is 6.07 Å². The van der Waals surface area contributed by atoms with Crippen molar-refractivity contribution in [3.63, 3.8) is 0 Å². The van der Waals surface area contributed by atoms with Crippen molar-refractivity contribution in [3.05, 3.63) is 22.2 Å². The maximum atomic E-state index is 12.4. The number of hydrogen-bond acceptors (Lipinski definition) is 3. The van der Waals surface area contributed by atoms with Gasteiger partial charge in [0.25, 0.3) is 5.78 Å². The van der Waals surface area contributed by atoms with E-state index in [9.17, 15) is 18.0 Å². The third kappa shape index (κ3) is 2.60. The van der Waals surface area contributed by atoms with Crippen molar-refractivity contribution in [1.29, 1.82) is 0 Å². The molecular formula is C11H8BrF3O3. The summed E-state index contributed by atoms with van der Waals surface area (Å²) in [5.74, 6) is -1.42. The molecule has 0 radical (unpaired) electrons. The predicted octanol–water partition coefficient (Wildman–Crippen LogP) is 3.36. The zero-order valence-electron chi connectivity index (χ0n) is 9.01. The molecule has 1 aromatic carbocycles. The van der Waals surface area contributed by atoms with Crippen molar-refractivity contribution < 1.29 is 27.4 Å². The van der Waals surface area contributed by atoms with Crippen LogP contribution in [0.4, 0.5) is 13.2 Å². The molecule has 3 nitrogen and oxygen atoms in total. The van der Waals surface area contributed by atoms with Crippen molar-refractivity contribution in [2.75, 3.05) is 13.2 Å². The molecule has 0 bridgehead atoms. The van der Waals surface area contributed by atoms with Gasteiger partial charge in [-0.3, -0.25) is 4.79 Å². The van der Waals surface area contributed by atoms with E-state index in [1.807, 2.05) is 0 Å². The number of rotatable bonds is 1. The fraction of sp³-hybridized carbons (Fsp3) is 0.364. The standard InChI is InChI=1S/C11H8BrF3O3/c12-7-5-9-8(17-2-1-3-18-9)4-6(7)10(16)11(13,14)15/h4-5H,1-3H2. The maximum absolute atomic E-state index is 12.4. The molecule has 0 spiro atoms. The van der Waals surface area contributed by atoms with Gasteiger partial charge in [0.1, 0.15) is 0 Å². The summed E-state index contributed by atoms with van der Waals surface area (Å²) in [6, 6.07) is 2.38. The van der Waals surface area contributed by atoms with Crippen LogP contribution < -0.4 is 9.47 Å². The lowest BCUT2D eigenvalue weighted by Crippen LogP contribution is -2.23. The number of benzene rings is 1. The third-order valence-corrected chi connectivity index (χ3v) is 3.00. The van der Waals surface area contributed by atoms with Crippen molar-refractivity contribution in [3.8, 4) is 11.5 Å². The smallest absolute Gasteiger partial charge is 0.454 e.